The molecule has 0 fully saturated rings. The number of rotatable bonds is 7. The van der Waals surface area contributed by atoms with Gasteiger partial charge in [0.2, 0.25) is 0 Å². The first-order valence-corrected chi connectivity index (χ1v) is 8.77. The third kappa shape index (κ3) is 5.27. The van der Waals surface area contributed by atoms with Crippen molar-refractivity contribution in [2.75, 3.05) is 31.9 Å². The van der Waals surface area contributed by atoms with Crippen molar-refractivity contribution >= 4 is 35.1 Å². The minimum atomic E-state index is -0.551. The highest BCUT2D eigenvalue weighted by Gasteiger charge is 2.16. The second kappa shape index (κ2) is 9.68. The summed E-state index contributed by atoms with van der Waals surface area (Å²) >= 11 is 5.63. The number of esters is 1. The van der Waals surface area contributed by atoms with E-state index >= 15 is 0 Å². The van der Waals surface area contributed by atoms with Crippen LogP contribution in [0.25, 0.3) is 0 Å². The topological polar surface area (TPSA) is 88.6 Å². The summed E-state index contributed by atoms with van der Waals surface area (Å²) in [6.07, 6.45) is 2.00. The van der Waals surface area contributed by atoms with Gasteiger partial charge in [-0.1, -0.05) is 12.1 Å². The first-order chi connectivity index (χ1) is 13.0. The van der Waals surface area contributed by atoms with Crippen LogP contribution in [-0.4, -0.2) is 54.2 Å². The summed E-state index contributed by atoms with van der Waals surface area (Å²) in [5.74, 6) is -0.779. The van der Waals surface area contributed by atoms with E-state index in [2.05, 4.69) is 10.3 Å². The Hall–Kier alpha value is -2.93. The van der Waals surface area contributed by atoms with Gasteiger partial charge in [0.25, 0.3) is 11.8 Å². The van der Waals surface area contributed by atoms with Crippen LogP contribution in [0.15, 0.2) is 42.6 Å². The molecule has 0 aliphatic carbocycles. The number of para-hydroxylation sites is 1. The SMILES string of the molecule is COC(=O)c1ccccc1NC(=O)c1ccc(C(=O)N(C)CCCCl)nc1. The Labute approximate surface area is 162 Å². The fraction of sp³-hybridized carbons (Fsp3) is 0.263. The number of hydrogen-bond acceptors (Lipinski definition) is 5. The van der Waals surface area contributed by atoms with Crippen LogP contribution in [0.5, 0.6) is 0 Å². The number of carbonyl (C=O) groups is 3. The molecule has 8 heteroatoms. The zero-order valence-electron chi connectivity index (χ0n) is 15.1. The zero-order valence-corrected chi connectivity index (χ0v) is 15.8. The molecular formula is C19H20ClN3O4. The third-order valence-electron chi connectivity index (χ3n) is 3.80. The molecule has 1 N–H and O–H groups in total. The van der Waals surface area contributed by atoms with Crippen molar-refractivity contribution in [1.29, 1.82) is 0 Å². The van der Waals surface area contributed by atoms with E-state index in [1.807, 2.05) is 0 Å². The standard InChI is InChI=1S/C19H20ClN3O4/c1-23(11-5-10-20)18(25)16-9-8-13(12-21-16)17(24)22-15-7-4-3-6-14(15)19(26)27-2/h3-4,6-9,12H,5,10-11H2,1-2H3,(H,22,24). The van der Waals surface area contributed by atoms with Crippen LogP contribution < -0.4 is 5.32 Å². The van der Waals surface area contributed by atoms with Crippen LogP contribution in [0.3, 0.4) is 0 Å². The van der Waals surface area contributed by atoms with Gasteiger partial charge in [-0.3, -0.25) is 14.6 Å². The summed E-state index contributed by atoms with van der Waals surface area (Å²) in [5.41, 5.74) is 1.07. The van der Waals surface area contributed by atoms with Gasteiger partial charge in [0.15, 0.2) is 0 Å². The Balaban J connectivity index is 2.11. The Kier molecular flexibility index (Phi) is 7.31. The van der Waals surface area contributed by atoms with Crippen molar-refractivity contribution in [1.82, 2.24) is 9.88 Å². The van der Waals surface area contributed by atoms with E-state index in [9.17, 15) is 14.4 Å². The molecule has 2 rings (SSSR count). The Morgan fingerprint density at radius 1 is 1.19 bits per heavy atom. The van der Waals surface area contributed by atoms with Gasteiger partial charge in [-0.2, -0.15) is 0 Å². The van der Waals surface area contributed by atoms with Crippen LogP contribution in [0.1, 0.15) is 37.6 Å². The van der Waals surface area contributed by atoms with Crippen molar-refractivity contribution in [3.05, 3.63) is 59.4 Å². The van der Waals surface area contributed by atoms with Gasteiger partial charge in [0.05, 0.1) is 23.9 Å². The summed E-state index contributed by atoms with van der Waals surface area (Å²) in [5, 5.41) is 2.65. The van der Waals surface area contributed by atoms with E-state index in [0.29, 0.717) is 24.5 Å². The lowest BCUT2D eigenvalue weighted by atomic mass is 10.1. The fourth-order valence-corrected chi connectivity index (χ4v) is 2.44. The maximum atomic E-state index is 12.4. The summed E-state index contributed by atoms with van der Waals surface area (Å²) in [6, 6.07) is 9.51. The largest absolute Gasteiger partial charge is 0.465 e. The van der Waals surface area contributed by atoms with Crippen molar-refractivity contribution < 1.29 is 19.1 Å². The molecule has 1 heterocycles. The summed E-state index contributed by atoms with van der Waals surface area (Å²) < 4.78 is 4.70. The van der Waals surface area contributed by atoms with Gasteiger partial charge in [0, 0.05) is 25.7 Å². The van der Waals surface area contributed by atoms with Crippen LogP contribution in [0.2, 0.25) is 0 Å². The second-order valence-electron chi connectivity index (χ2n) is 5.69. The number of ether oxygens (including phenoxy) is 1. The lowest BCUT2D eigenvalue weighted by Gasteiger charge is -2.16. The molecule has 0 saturated carbocycles. The predicted octanol–water partition coefficient (Wildman–Crippen LogP) is 2.82. The van der Waals surface area contributed by atoms with Gasteiger partial charge in [0.1, 0.15) is 5.69 Å². The number of nitrogens with one attached hydrogen (secondary N) is 1. The van der Waals surface area contributed by atoms with Crippen LogP contribution >= 0.6 is 11.6 Å². The number of pyridine rings is 1. The predicted molar refractivity (Wildman–Crippen MR) is 102 cm³/mol. The number of amides is 2. The van der Waals surface area contributed by atoms with Crippen molar-refractivity contribution in [3.8, 4) is 0 Å². The number of hydrogen-bond donors (Lipinski definition) is 1. The monoisotopic (exact) mass is 389 g/mol. The third-order valence-corrected chi connectivity index (χ3v) is 4.07. The molecule has 7 nitrogen and oxygen atoms in total. The number of methoxy groups -OCH3 is 1. The fourth-order valence-electron chi connectivity index (χ4n) is 2.32. The van der Waals surface area contributed by atoms with Gasteiger partial charge < -0.3 is 15.0 Å². The van der Waals surface area contributed by atoms with E-state index in [1.54, 1.807) is 31.3 Å². The number of benzene rings is 1. The van der Waals surface area contributed by atoms with Crippen LogP contribution in [0, 0.1) is 0 Å². The summed E-state index contributed by atoms with van der Waals surface area (Å²) in [6.45, 7) is 0.524. The van der Waals surface area contributed by atoms with Crippen LogP contribution in [0.4, 0.5) is 5.69 Å². The zero-order chi connectivity index (χ0) is 19.8. The molecule has 142 valence electrons. The highest BCUT2D eigenvalue weighted by atomic mass is 35.5. The lowest BCUT2D eigenvalue weighted by Crippen LogP contribution is -2.28. The molecule has 0 radical (unpaired) electrons. The summed E-state index contributed by atoms with van der Waals surface area (Å²) in [4.78, 5) is 42.0. The first kappa shape index (κ1) is 20.4. The van der Waals surface area contributed by atoms with Gasteiger partial charge in [-0.25, -0.2) is 4.79 Å². The minimum absolute atomic E-state index is 0.235. The van der Waals surface area contributed by atoms with E-state index in [1.165, 1.54) is 30.3 Å². The molecule has 2 aromatic rings. The Morgan fingerprint density at radius 2 is 1.93 bits per heavy atom. The molecule has 0 unspecified atom stereocenters. The highest BCUT2D eigenvalue weighted by molar-refractivity contribution is 6.17. The van der Waals surface area contributed by atoms with E-state index in [4.69, 9.17) is 16.3 Å². The van der Waals surface area contributed by atoms with E-state index in [0.717, 1.165) is 0 Å². The highest BCUT2D eigenvalue weighted by Crippen LogP contribution is 2.17. The molecule has 1 aromatic heterocycles. The Bertz CT molecular complexity index is 824. The molecule has 0 bridgehead atoms. The first-order valence-electron chi connectivity index (χ1n) is 8.24. The molecule has 27 heavy (non-hydrogen) atoms. The lowest BCUT2D eigenvalue weighted by molar-refractivity contribution is 0.0601. The van der Waals surface area contributed by atoms with Crippen LogP contribution in [-0.2, 0) is 4.74 Å². The molecule has 0 aliphatic rings. The molecule has 1 aromatic carbocycles. The molecule has 0 spiro atoms. The molecular weight excluding hydrogens is 370 g/mol. The van der Waals surface area contributed by atoms with Gasteiger partial charge >= 0.3 is 5.97 Å². The number of halogens is 1. The number of alkyl halides is 1. The van der Waals surface area contributed by atoms with Crippen molar-refractivity contribution in [2.45, 2.75) is 6.42 Å². The number of aromatic nitrogens is 1. The Morgan fingerprint density at radius 3 is 2.56 bits per heavy atom. The number of anilines is 1. The average Bonchev–Trinajstić information content (AvgIpc) is 2.71. The second-order valence-corrected chi connectivity index (χ2v) is 6.07. The quantitative estimate of drug-likeness (QED) is 0.581. The minimum Gasteiger partial charge on any atom is -0.465 e. The van der Waals surface area contributed by atoms with E-state index < -0.39 is 11.9 Å². The van der Waals surface area contributed by atoms with E-state index in [-0.39, 0.29) is 22.7 Å². The maximum absolute atomic E-state index is 12.4. The van der Waals surface area contributed by atoms with Gasteiger partial charge in [-0.05, 0) is 30.7 Å². The number of nitrogens with zero attached hydrogens (tertiary/aromatic N) is 2. The number of carbonyl (C=O) groups excluding carboxylic acids is 3. The maximum Gasteiger partial charge on any atom is 0.339 e. The molecule has 0 aliphatic heterocycles. The molecule has 0 saturated heterocycles. The van der Waals surface area contributed by atoms with Crippen molar-refractivity contribution in [3.63, 3.8) is 0 Å². The van der Waals surface area contributed by atoms with Gasteiger partial charge in [-0.15, -0.1) is 11.6 Å². The van der Waals surface area contributed by atoms with Crippen molar-refractivity contribution in [2.24, 2.45) is 0 Å². The smallest absolute Gasteiger partial charge is 0.339 e. The molecule has 0 atom stereocenters. The normalized spacial score (nSPS) is 10.2. The average molecular weight is 390 g/mol. The molecule has 2 amide bonds. The summed E-state index contributed by atoms with van der Waals surface area (Å²) in [7, 11) is 2.94.